The standard InChI is InChI=1S/C25H23N3O4S2/c1-14-7-9-16(10-8-14)11-20-23(31)27(25(33)34-20)13-19(29)21-15(2)18(12-26)22(30)28(24(21)32)17-5-3-4-6-17/h7-11,17,32H,3-6,13H2,1-2H3/b20-11-. The summed E-state index contributed by atoms with van der Waals surface area (Å²) in [6, 6.07) is 9.28. The maximum Gasteiger partial charge on any atom is 0.271 e. The number of hydrogen-bond donors (Lipinski definition) is 1. The largest absolute Gasteiger partial charge is 0.494 e. The average molecular weight is 494 g/mol. The van der Waals surface area contributed by atoms with E-state index < -0.39 is 29.7 Å². The molecule has 1 aromatic carbocycles. The van der Waals surface area contributed by atoms with Crippen molar-refractivity contribution in [3.8, 4) is 11.9 Å². The number of aryl methyl sites for hydroxylation is 1. The Kier molecular flexibility index (Phi) is 6.73. The molecule has 0 radical (unpaired) electrons. The SMILES string of the molecule is Cc1ccc(/C=C2\SC(=S)N(CC(=O)c3c(C)c(C#N)c(=O)n(C4CCCC4)c3O)C2=O)cc1. The van der Waals surface area contributed by atoms with Gasteiger partial charge in [-0.05, 0) is 43.9 Å². The minimum absolute atomic E-state index is 0.111. The van der Waals surface area contributed by atoms with Crippen LogP contribution in [0.2, 0.25) is 0 Å². The number of rotatable bonds is 5. The number of nitriles is 1. The van der Waals surface area contributed by atoms with Crippen LogP contribution in [-0.4, -0.2) is 37.1 Å². The van der Waals surface area contributed by atoms with Crippen LogP contribution in [0.15, 0.2) is 34.0 Å². The van der Waals surface area contributed by atoms with E-state index >= 15 is 0 Å². The van der Waals surface area contributed by atoms with E-state index in [0.717, 1.165) is 35.7 Å². The number of aromatic nitrogens is 1. The number of aromatic hydroxyl groups is 1. The molecule has 0 unspecified atom stereocenters. The quantitative estimate of drug-likeness (QED) is 0.377. The van der Waals surface area contributed by atoms with Gasteiger partial charge in [-0.2, -0.15) is 5.26 Å². The summed E-state index contributed by atoms with van der Waals surface area (Å²) in [6.07, 6.45) is 4.90. The summed E-state index contributed by atoms with van der Waals surface area (Å²) >= 11 is 6.46. The van der Waals surface area contributed by atoms with Crippen LogP contribution in [0.1, 0.15) is 64.3 Å². The van der Waals surface area contributed by atoms with Gasteiger partial charge < -0.3 is 5.11 Å². The summed E-state index contributed by atoms with van der Waals surface area (Å²) in [5.41, 5.74) is 1.18. The van der Waals surface area contributed by atoms with E-state index in [1.54, 1.807) is 6.08 Å². The second-order valence-electron chi connectivity index (χ2n) is 8.53. The van der Waals surface area contributed by atoms with Gasteiger partial charge in [0.1, 0.15) is 16.0 Å². The maximum atomic E-state index is 13.3. The second kappa shape index (κ2) is 9.57. The van der Waals surface area contributed by atoms with E-state index in [4.69, 9.17) is 12.2 Å². The molecule has 0 atom stereocenters. The fourth-order valence-electron chi connectivity index (χ4n) is 4.43. The lowest BCUT2D eigenvalue weighted by atomic mass is 10.0. The summed E-state index contributed by atoms with van der Waals surface area (Å²) in [6.45, 7) is 3.05. The first kappa shape index (κ1) is 23.9. The van der Waals surface area contributed by atoms with Crippen molar-refractivity contribution in [2.24, 2.45) is 0 Å². The van der Waals surface area contributed by atoms with Crippen LogP contribution in [-0.2, 0) is 4.79 Å². The van der Waals surface area contributed by atoms with Crippen molar-refractivity contribution in [1.29, 1.82) is 5.26 Å². The van der Waals surface area contributed by atoms with E-state index in [1.165, 1.54) is 16.4 Å². The highest BCUT2D eigenvalue weighted by Crippen LogP contribution is 2.36. The van der Waals surface area contributed by atoms with Gasteiger partial charge in [0.05, 0.1) is 17.0 Å². The van der Waals surface area contributed by atoms with Gasteiger partial charge in [-0.15, -0.1) is 0 Å². The lowest BCUT2D eigenvalue weighted by molar-refractivity contribution is -0.121. The Morgan fingerprint density at radius 2 is 1.88 bits per heavy atom. The molecule has 1 saturated carbocycles. The van der Waals surface area contributed by atoms with Crippen LogP contribution in [0, 0.1) is 25.2 Å². The van der Waals surface area contributed by atoms with Crippen LogP contribution < -0.4 is 5.56 Å². The first-order valence-corrected chi connectivity index (χ1v) is 12.2. The predicted octanol–water partition coefficient (Wildman–Crippen LogP) is 4.24. The molecule has 7 nitrogen and oxygen atoms in total. The summed E-state index contributed by atoms with van der Waals surface area (Å²) in [4.78, 5) is 40.8. The molecule has 1 saturated heterocycles. The Morgan fingerprint density at radius 1 is 1.24 bits per heavy atom. The van der Waals surface area contributed by atoms with Gasteiger partial charge in [-0.3, -0.25) is 23.9 Å². The monoisotopic (exact) mass is 493 g/mol. The zero-order chi connectivity index (χ0) is 24.6. The fourth-order valence-corrected chi connectivity index (χ4v) is 5.69. The first-order valence-electron chi connectivity index (χ1n) is 11.0. The Bertz CT molecular complexity index is 1330. The van der Waals surface area contributed by atoms with Gasteiger partial charge in [0.15, 0.2) is 5.78 Å². The molecule has 174 valence electrons. The van der Waals surface area contributed by atoms with Crippen molar-refractivity contribution in [3.63, 3.8) is 0 Å². The molecule has 2 heterocycles. The molecule has 2 aliphatic rings. The van der Waals surface area contributed by atoms with Gasteiger partial charge >= 0.3 is 0 Å². The highest BCUT2D eigenvalue weighted by Gasteiger charge is 2.36. The van der Waals surface area contributed by atoms with Crippen molar-refractivity contribution < 1.29 is 14.7 Å². The van der Waals surface area contributed by atoms with Crippen LogP contribution in [0.3, 0.4) is 0 Å². The molecular weight excluding hydrogens is 470 g/mol. The third-order valence-corrected chi connectivity index (χ3v) is 7.64. The van der Waals surface area contributed by atoms with Gasteiger partial charge in [0.25, 0.3) is 11.5 Å². The Hall–Kier alpha value is -3.22. The van der Waals surface area contributed by atoms with E-state index in [2.05, 4.69) is 0 Å². The number of carbonyl (C=O) groups is 2. The topological polar surface area (TPSA) is 103 Å². The van der Waals surface area contributed by atoms with Gasteiger partial charge in [0, 0.05) is 6.04 Å². The molecule has 1 aliphatic heterocycles. The van der Waals surface area contributed by atoms with E-state index in [-0.39, 0.29) is 27.1 Å². The van der Waals surface area contributed by atoms with Gasteiger partial charge in [-0.1, -0.05) is 66.7 Å². The zero-order valence-electron chi connectivity index (χ0n) is 18.8. The third kappa shape index (κ3) is 4.31. The number of benzene rings is 1. The first-order chi connectivity index (χ1) is 16.2. The maximum absolute atomic E-state index is 13.3. The number of nitrogens with zero attached hydrogens (tertiary/aromatic N) is 3. The molecule has 0 spiro atoms. The number of thiocarbonyl (C=S) groups is 1. The molecule has 1 aliphatic carbocycles. The number of amides is 1. The van der Waals surface area contributed by atoms with Crippen LogP contribution in [0.4, 0.5) is 0 Å². The van der Waals surface area contributed by atoms with Crippen LogP contribution in [0.25, 0.3) is 6.08 Å². The van der Waals surface area contributed by atoms with E-state index in [9.17, 15) is 24.8 Å². The van der Waals surface area contributed by atoms with E-state index in [1.807, 2.05) is 37.3 Å². The van der Waals surface area contributed by atoms with Crippen molar-refractivity contribution in [1.82, 2.24) is 9.47 Å². The molecular formula is C25H23N3O4S2. The summed E-state index contributed by atoms with van der Waals surface area (Å²) in [5, 5.41) is 20.5. The smallest absolute Gasteiger partial charge is 0.271 e. The van der Waals surface area contributed by atoms with Crippen molar-refractivity contribution in [2.75, 3.05) is 6.54 Å². The number of Topliss-reactive ketones (excluding diaryl/α,β-unsaturated/α-hetero) is 1. The summed E-state index contributed by atoms with van der Waals surface area (Å²) in [7, 11) is 0. The van der Waals surface area contributed by atoms with E-state index in [0.29, 0.717) is 17.7 Å². The van der Waals surface area contributed by atoms with Crippen molar-refractivity contribution in [3.05, 3.63) is 67.3 Å². The third-order valence-electron chi connectivity index (χ3n) is 6.27. The normalized spacial score (nSPS) is 17.6. The molecule has 4 rings (SSSR count). The van der Waals surface area contributed by atoms with Gasteiger partial charge in [-0.25, -0.2) is 0 Å². The number of hydrogen-bond acceptors (Lipinski definition) is 7. The zero-order valence-corrected chi connectivity index (χ0v) is 20.5. The number of carbonyl (C=O) groups excluding carboxylic acids is 2. The van der Waals surface area contributed by atoms with Gasteiger partial charge in [0.2, 0.25) is 5.88 Å². The number of ketones is 1. The predicted molar refractivity (Wildman–Crippen MR) is 135 cm³/mol. The Morgan fingerprint density at radius 3 is 2.50 bits per heavy atom. The van der Waals surface area contributed by atoms with Crippen molar-refractivity contribution >= 4 is 46.1 Å². The summed E-state index contributed by atoms with van der Waals surface area (Å²) < 4.78 is 1.41. The second-order valence-corrected chi connectivity index (χ2v) is 10.2. The van der Waals surface area contributed by atoms with Crippen molar-refractivity contribution in [2.45, 2.75) is 45.6 Å². The molecule has 1 N–H and O–H groups in total. The van der Waals surface area contributed by atoms with Crippen LogP contribution >= 0.6 is 24.0 Å². The molecule has 0 bridgehead atoms. The average Bonchev–Trinajstić information content (AvgIpc) is 3.40. The molecule has 1 amide bonds. The Balaban J connectivity index is 1.66. The number of thioether (sulfide) groups is 1. The van der Waals surface area contributed by atoms with Crippen LogP contribution in [0.5, 0.6) is 5.88 Å². The molecule has 34 heavy (non-hydrogen) atoms. The summed E-state index contributed by atoms with van der Waals surface area (Å²) in [5.74, 6) is -1.42. The Labute approximate surface area is 206 Å². The molecule has 2 fully saturated rings. The lowest BCUT2D eigenvalue weighted by Crippen LogP contribution is -2.35. The number of pyridine rings is 1. The lowest BCUT2D eigenvalue weighted by Gasteiger charge is -2.21. The highest BCUT2D eigenvalue weighted by molar-refractivity contribution is 8.26. The molecule has 1 aromatic heterocycles. The highest BCUT2D eigenvalue weighted by atomic mass is 32.2. The molecule has 2 aromatic rings. The minimum atomic E-state index is -0.590. The minimum Gasteiger partial charge on any atom is -0.494 e. The molecule has 9 heteroatoms. The fraction of sp³-hybridized carbons (Fsp3) is 0.320.